The molecule has 3 unspecified atom stereocenters. The summed E-state index contributed by atoms with van der Waals surface area (Å²) >= 11 is 0. The SMILES string of the molecule is CC#CC1(N)[C@@H](O)[C@@H]([C@H](C)OP(=O)(O)OP(=O)(O)OP(=O)(O)O)O[C@H]1n1cc(F)c(N)nc1=O. The van der Waals surface area contributed by atoms with Crippen LogP contribution in [0.4, 0.5) is 10.2 Å². The zero-order valence-electron chi connectivity index (χ0n) is 17.2. The Hall–Kier alpha value is -1.54. The van der Waals surface area contributed by atoms with Crippen molar-refractivity contribution in [3.8, 4) is 11.8 Å². The normalized spacial score (nSPS) is 29.5. The minimum absolute atomic E-state index is 0.525. The Bertz CT molecular complexity index is 1210. The van der Waals surface area contributed by atoms with Crippen LogP contribution in [0.2, 0.25) is 0 Å². The first kappa shape index (κ1) is 28.7. The molecule has 1 aromatic rings. The van der Waals surface area contributed by atoms with Gasteiger partial charge in [-0.25, -0.2) is 22.9 Å². The van der Waals surface area contributed by atoms with Gasteiger partial charge in [0.2, 0.25) is 0 Å². The van der Waals surface area contributed by atoms with Crippen molar-refractivity contribution < 1.29 is 60.6 Å². The number of hydrogen-bond donors (Lipinski definition) is 7. The lowest BCUT2D eigenvalue weighted by Crippen LogP contribution is -2.55. The van der Waals surface area contributed by atoms with E-state index in [-0.39, 0.29) is 0 Å². The van der Waals surface area contributed by atoms with Crippen LogP contribution in [-0.4, -0.2) is 58.1 Å². The van der Waals surface area contributed by atoms with Gasteiger partial charge in [-0.05, 0) is 13.8 Å². The molecule has 0 aliphatic carbocycles. The van der Waals surface area contributed by atoms with Crippen LogP contribution < -0.4 is 17.2 Å². The maximum absolute atomic E-state index is 13.9. The second-order valence-corrected chi connectivity index (χ2v) is 11.1. The van der Waals surface area contributed by atoms with Crippen molar-refractivity contribution in [1.29, 1.82) is 0 Å². The van der Waals surface area contributed by atoms with Gasteiger partial charge < -0.3 is 40.9 Å². The standard InChI is InChI=1S/C13H20FN4O13P3/c1-3-4-13(16)9(19)8(28-11(13)18-5-7(14)10(15)17-12(18)20)6(2)29-33(24,25)31-34(26,27)30-32(21,22)23/h5-6,8-9,11,19H,16H2,1-2H3,(H,24,25)(H,26,27)(H2,15,17,20)(H2,21,22,23)/t6-,8+,9-,11+,13?/m0/s1. The smallest absolute Gasteiger partial charge is 0.387 e. The highest BCUT2D eigenvalue weighted by Crippen LogP contribution is 2.66. The molecule has 7 atom stereocenters. The molecule has 0 aromatic carbocycles. The summed E-state index contributed by atoms with van der Waals surface area (Å²) in [5.74, 6) is 2.90. The molecule has 17 nitrogen and oxygen atoms in total. The fourth-order valence-electron chi connectivity index (χ4n) is 2.96. The Labute approximate surface area is 189 Å². The van der Waals surface area contributed by atoms with Gasteiger partial charge in [0.05, 0.1) is 12.3 Å². The molecule has 1 aromatic heterocycles. The minimum Gasteiger partial charge on any atom is -0.387 e. The fourth-order valence-corrected chi connectivity index (χ4v) is 6.16. The molecule has 9 N–H and O–H groups in total. The van der Waals surface area contributed by atoms with Crippen LogP contribution in [0.15, 0.2) is 11.0 Å². The second-order valence-electron chi connectivity index (χ2n) is 6.77. The third-order valence-electron chi connectivity index (χ3n) is 4.20. The fraction of sp³-hybridized carbons (Fsp3) is 0.538. The van der Waals surface area contributed by atoms with Gasteiger partial charge in [-0.3, -0.25) is 9.09 Å². The molecule has 0 radical (unpaired) electrons. The van der Waals surface area contributed by atoms with Gasteiger partial charge in [-0.2, -0.15) is 13.6 Å². The van der Waals surface area contributed by atoms with Crippen molar-refractivity contribution in [2.45, 2.75) is 43.9 Å². The summed E-state index contributed by atoms with van der Waals surface area (Å²) in [5, 5.41) is 10.7. The number of nitrogens with zero attached hydrogens (tertiary/aromatic N) is 2. The highest BCUT2D eigenvalue weighted by molar-refractivity contribution is 7.66. The van der Waals surface area contributed by atoms with Crippen LogP contribution in [-0.2, 0) is 31.6 Å². The summed E-state index contributed by atoms with van der Waals surface area (Å²) in [6, 6.07) is 0. The van der Waals surface area contributed by atoms with E-state index in [0.717, 1.165) is 6.92 Å². The average molecular weight is 552 g/mol. The van der Waals surface area contributed by atoms with E-state index in [9.17, 15) is 37.8 Å². The van der Waals surface area contributed by atoms with Crippen molar-refractivity contribution in [2.24, 2.45) is 5.73 Å². The number of hydrogen-bond acceptors (Lipinski definition) is 12. The highest BCUT2D eigenvalue weighted by Gasteiger charge is 2.57. The number of ether oxygens (including phenoxy) is 1. The second kappa shape index (κ2) is 9.84. The zero-order valence-corrected chi connectivity index (χ0v) is 19.8. The van der Waals surface area contributed by atoms with Gasteiger partial charge in [-0.1, -0.05) is 5.92 Å². The van der Waals surface area contributed by atoms with Crippen LogP contribution in [0.3, 0.4) is 0 Å². The van der Waals surface area contributed by atoms with Crippen LogP contribution in [0.25, 0.3) is 0 Å². The van der Waals surface area contributed by atoms with Crippen molar-refractivity contribution in [1.82, 2.24) is 9.55 Å². The Kier molecular flexibility index (Phi) is 8.31. The van der Waals surface area contributed by atoms with E-state index in [1.54, 1.807) is 0 Å². The molecule has 192 valence electrons. The van der Waals surface area contributed by atoms with Crippen LogP contribution in [0.5, 0.6) is 0 Å². The van der Waals surface area contributed by atoms with Crippen molar-refractivity contribution in [3.63, 3.8) is 0 Å². The summed E-state index contributed by atoms with van der Waals surface area (Å²) in [6.07, 6.45) is -6.47. The largest absolute Gasteiger partial charge is 0.490 e. The number of phosphoric ester groups is 1. The molecule has 2 rings (SSSR count). The van der Waals surface area contributed by atoms with E-state index in [0.29, 0.717) is 10.8 Å². The monoisotopic (exact) mass is 552 g/mol. The predicted octanol–water partition coefficient (Wildman–Crippen LogP) is -1.32. The molecule has 1 saturated heterocycles. The van der Waals surface area contributed by atoms with E-state index < -0.39 is 70.9 Å². The van der Waals surface area contributed by atoms with Gasteiger partial charge in [0.15, 0.2) is 23.4 Å². The Morgan fingerprint density at radius 2 is 1.85 bits per heavy atom. The van der Waals surface area contributed by atoms with E-state index in [1.807, 2.05) is 0 Å². The van der Waals surface area contributed by atoms with E-state index in [4.69, 9.17) is 26.0 Å². The maximum Gasteiger partial charge on any atom is 0.490 e. The molecule has 1 fully saturated rings. The summed E-state index contributed by atoms with van der Waals surface area (Å²) in [4.78, 5) is 51.5. The molecule has 21 heteroatoms. The number of aliphatic hydroxyl groups excluding tert-OH is 1. The molecular formula is C13H20FN4O13P3. The van der Waals surface area contributed by atoms with Crippen LogP contribution >= 0.6 is 23.5 Å². The third-order valence-corrected chi connectivity index (χ3v) is 8.13. The molecule has 1 aliphatic rings. The number of nitrogens with two attached hydrogens (primary N) is 2. The van der Waals surface area contributed by atoms with Crippen molar-refractivity contribution >= 4 is 29.3 Å². The topological polar surface area (TPSA) is 276 Å². The molecular weight excluding hydrogens is 532 g/mol. The lowest BCUT2D eigenvalue weighted by molar-refractivity contribution is -0.0756. The van der Waals surface area contributed by atoms with Gasteiger partial charge in [0.1, 0.15) is 12.2 Å². The summed E-state index contributed by atoms with van der Waals surface area (Å²) in [6.45, 7) is 2.31. The van der Waals surface area contributed by atoms with Gasteiger partial charge in [0.25, 0.3) is 0 Å². The van der Waals surface area contributed by atoms with Crippen molar-refractivity contribution in [2.75, 3.05) is 5.73 Å². The molecule has 34 heavy (non-hydrogen) atoms. The first-order chi connectivity index (χ1) is 15.3. The maximum atomic E-state index is 13.9. The highest BCUT2D eigenvalue weighted by atomic mass is 31.3. The van der Waals surface area contributed by atoms with E-state index in [1.165, 1.54) is 6.92 Å². The molecule has 0 amide bonds. The van der Waals surface area contributed by atoms with Crippen LogP contribution in [0.1, 0.15) is 20.1 Å². The number of aromatic nitrogens is 2. The molecule has 2 heterocycles. The molecule has 0 bridgehead atoms. The van der Waals surface area contributed by atoms with E-state index >= 15 is 0 Å². The first-order valence-corrected chi connectivity index (χ1v) is 13.3. The van der Waals surface area contributed by atoms with Gasteiger partial charge in [0, 0.05) is 0 Å². The Balaban J connectivity index is 2.35. The number of halogens is 1. The zero-order chi connectivity index (χ0) is 26.3. The molecule has 0 spiro atoms. The predicted molar refractivity (Wildman–Crippen MR) is 108 cm³/mol. The Morgan fingerprint density at radius 1 is 1.26 bits per heavy atom. The minimum atomic E-state index is -5.81. The number of anilines is 1. The number of phosphoric acid groups is 3. The third kappa shape index (κ3) is 6.56. The number of nitrogen functional groups attached to an aromatic ring is 1. The van der Waals surface area contributed by atoms with Gasteiger partial charge in [-0.15, -0.1) is 5.92 Å². The Morgan fingerprint density at radius 3 is 2.38 bits per heavy atom. The lowest BCUT2D eigenvalue weighted by Gasteiger charge is -2.28. The summed E-state index contributed by atoms with van der Waals surface area (Å²) in [7, 11) is -17.0. The average Bonchev–Trinajstić information content (AvgIpc) is 2.86. The summed E-state index contributed by atoms with van der Waals surface area (Å²) < 4.78 is 66.0. The van der Waals surface area contributed by atoms with Gasteiger partial charge >= 0.3 is 29.2 Å². The number of rotatable bonds is 8. The van der Waals surface area contributed by atoms with Crippen LogP contribution in [0, 0.1) is 17.7 Å². The first-order valence-electron chi connectivity index (χ1n) is 8.74. The molecule has 1 aliphatic heterocycles. The van der Waals surface area contributed by atoms with E-state index in [2.05, 4.69) is 30.0 Å². The molecule has 0 saturated carbocycles. The number of aliphatic hydroxyl groups is 1. The lowest BCUT2D eigenvalue weighted by atomic mass is 9.90. The quantitative estimate of drug-likeness (QED) is 0.145. The van der Waals surface area contributed by atoms with Crippen molar-refractivity contribution in [3.05, 3.63) is 22.5 Å². The summed E-state index contributed by atoms with van der Waals surface area (Å²) in [5.41, 5.74) is 8.06.